The first-order valence-electron chi connectivity index (χ1n) is 8.44. The minimum atomic E-state index is -0.515. The van der Waals surface area contributed by atoms with Crippen molar-refractivity contribution in [1.29, 1.82) is 5.26 Å². The number of nitrogens with zero attached hydrogens (tertiary/aromatic N) is 1. The van der Waals surface area contributed by atoms with Crippen molar-refractivity contribution in [2.75, 3.05) is 5.32 Å². The zero-order valence-electron chi connectivity index (χ0n) is 14.7. The molecule has 2 fully saturated rings. The first-order chi connectivity index (χ1) is 11.2. The van der Waals surface area contributed by atoms with Gasteiger partial charge in [0.2, 0.25) is 5.91 Å². The Hall–Kier alpha value is -1.84. The molecule has 0 aromatic heterocycles. The number of nitrogens with one attached hydrogen (secondary N) is 1. The second-order valence-corrected chi connectivity index (χ2v) is 7.62. The Morgan fingerprint density at radius 3 is 2.38 bits per heavy atom. The highest BCUT2D eigenvalue weighted by molar-refractivity contribution is 6.62. The van der Waals surface area contributed by atoms with Crippen LogP contribution in [0, 0.1) is 17.2 Å². The summed E-state index contributed by atoms with van der Waals surface area (Å²) in [5, 5.41) is 12.3. The fourth-order valence-electron chi connectivity index (χ4n) is 2.79. The molecular formula is C18H23BN2O3. The normalized spacial score (nSPS) is 21.9. The van der Waals surface area contributed by atoms with Crippen LogP contribution in [0.5, 0.6) is 0 Å². The summed E-state index contributed by atoms with van der Waals surface area (Å²) in [5.74, 6) is 0.0837. The SMILES string of the molecule is CC1(C)OB(c2ccc(NC(=O)C3CCC3)c(C#N)c2)OC1(C)C. The topological polar surface area (TPSA) is 71.3 Å². The number of hydrogen-bond acceptors (Lipinski definition) is 4. The van der Waals surface area contributed by atoms with Gasteiger partial charge in [-0.15, -0.1) is 0 Å². The largest absolute Gasteiger partial charge is 0.494 e. The third-order valence-electron chi connectivity index (χ3n) is 5.42. The van der Waals surface area contributed by atoms with Crippen molar-refractivity contribution < 1.29 is 14.1 Å². The molecule has 1 aromatic rings. The van der Waals surface area contributed by atoms with Gasteiger partial charge in [0.1, 0.15) is 6.07 Å². The van der Waals surface area contributed by atoms with Gasteiger partial charge in [-0.05, 0) is 58.1 Å². The van der Waals surface area contributed by atoms with Crippen LogP contribution in [0.2, 0.25) is 0 Å². The summed E-state index contributed by atoms with van der Waals surface area (Å²) in [5.41, 5.74) is 0.903. The van der Waals surface area contributed by atoms with Gasteiger partial charge >= 0.3 is 7.12 Å². The molecule has 0 bridgehead atoms. The van der Waals surface area contributed by atoms with E-state index in [1.54, 1.807) is 12.1 Å². The standard InChI is InChI=1S/C18H23BN2O3/c1-17(2)18(3,4)24-19(23-17)14-8-9-15(13(10-14)11-20)21-16(22)12-6-5-7-12/h8-10,12H,5-7H2,1-4H3,(H,21,22). The fourth-order valence-corrected chi connectivity index (χ4v) is 2.79. The lowest BCUT2D eigenvalue weighted by atomic mass is 9.78. The van der Waals surface area contributed by atoms with Crippen molar-refractivity contribution in [3.8, 4) is 6.07 Å². The number of carbonyl (C=O) groups is 1. The van der Waals surface area contributed by atoms with Crippen LogP contribution < -0.4 is 10.8 Å². The number of carbonyl (C=O) groups excluding carboxylic acids is 1. The van der Waals surface area contributed by atoms with E-state index < -0.39 is 18.3 Å². The zero-order chi connectivity index (χ0) is 17.5. The molecule has 0 unspecified atom stereocenters. The van der Waals surface area contributed by atoms with Crippen molar-refractivity contribution in [2.24, 2.45) is 5.92 Å². The van der Waals surface area contributed by atoms with Crippen LogP contribution in [0.15, 0.2) is 18.2 Å². The molecule has 3 rings (SSSR count). The Bertz CT molecular complexity index is 689. The lowest BCUT2D eigenvalue weighted by molar-refractivity contribution is -0.122. The van der Waals surface area contributed by atoms with Crippen LogP contribution >= 0.6 is 0 Å². The number of hydrogen-bond donors (Lipinski definition) is 1. The summed E-state index contributed by atoms with van der Waals surface area (Å²) in [6.45, 7) is 7.97. The number of benzene rings is 1. The Morgan fingerprint density at radius 2 is 1.88 bits per heavy atom. The Kier molecular flexibility index (Phi) is 4.19. The van der Waals surface area contributed by atoms with Gasteiger partial charge in [-0.25, -0.2) is 0 Å². The van der Waals surface area contributed by atoms with Crippen LogP contribution in [-0.4, -0.2) is 24.2 Å². The summed E-state index contributed by atoms with van der Waals surface area (Å²) < 4.78 is 12.0. The highest BCUT2D eigenvalue weighted by Crippen LogP contribution is 2.36. The van der Waals surface area contributed by atoms with Crippen LogP contribution in [-0.2, 0) is 14.1 Å². The number of amides is 1. The molecule has 1 amide bonds. The van der Waals surface area contributed by atoms with E-state index in [-0.39, 0.29) is 11.8 Å². The molecule has 0 spiro atoms. The van der Waals surface area contributed by atoms with Crippen LogP contribution in [0.4, 0.5) is 5.69 Å². The molecule has 5 nitrogen and oxygen atoms in total. The van der Waals surface area contributed by atoms with Crippen molar-refractivity contribution >= 4 is 24.2 Å². The van der Waals surface area contributed by atoms with E-state index in [0.29, 0.717) is 11.3 Å². The predicted octanol–water partition coefficient (Wildman–Crippen LogP) is 2.60. The molecule has 1 aromatic carbocycles. The lowest BCUT2D eigenvalue weighted by Crippen LogP contribution is -2.41. The second-order valence-electron chi connectivity index (χ2n) is 7.62. The van der Waals surface area contributed by atoms with E-state index in [1.165, 1.54) is 0 Å². The van der Waals surface area contributed by atoms with Crippen molar-refractivity contribution in [3.05, 3.63) is 23.8 Å². The van der Waals surface area contributed by atoms with Crippen LogP contribution in [0.3, 0.4) is 0 Å². The molecule has 0 radical (unpaired) electrons. The molecule has 24 heavy (non-hydrogen) atoms. The maximum Gasteiger partial charge on any atom is 0.494 e. The van der Waals surface area contributed by atoms with Gasteiger partial charge in [0.25, 0.3) is 0 Å². The molecular weight excluding hydrogens is 303 g/mol. The monoisotopic (exact) mass is 326 g/mol. The van der Waals surface area contributed by atoms with E-state index in [9.17, 15) is 10.1 Å². The maximum absolute atomic E-state index is 12.1. The maximum atomic E-state index is 12.1. The van der Waals surface area contributed by atoms with Crippen molar-refractivity contribution in [1.82, 2.24) is 0 Å². The average molecular weight is 326 g/mol. The molecule has 2 aliphatic rings. The fraction of sp³-hybridized carbons (Fsp3) is 0.556. The minimum absolute atomic E-state index is 0.00105. The smallest absolute Gasteiger partial charge is 0.399 e. The van der Waals surface area contributed by atoms with Gasteiger partial charge in [0, 0.05) is 5.92 Å². The average Bonchev–Trinajstić information content (AvgIpc) is 2.65. The lowest BCUT2D eigenvalue weighted by Gasteiger charge is -2.32. The molecule has 1 heterocycles. The van der Waals surface area contributed by atoms with Gasteiger partial charge < -0.3 is 14.6 Å². The van der Waals surface area contributed by atoms with Gasteiger partial charge in [0.05, 0.1) is 22.5 Å². The number of anilines is 1. The molecule has 0 atom stereocenters. The van der Waals surface area contributed by atoms with Gasteiger partial charge in [-0.1, -0.05) is 12.5 Å². The van der Waals surface area contributed by atoms with E-state index >= 15 is 0 Å². The second kappa shape index (κ2) is 5.91. The third kappa shape index (κ3) is 2.94. The minimum Gasteiger partial charge on any atom is -0.399 e. The summed E-state index contributed by atoms with van der Waals surface area (Å²) in [7, 11) is -0.515. The van der Waals surface area contributed by atoms with Crippen LogP contribution in [0.25, 0.3) is 0 Å². The highest BCUT2D eigenvalue weighted by atomic mass is 16.7. The van der Waals surface area contributed by atoms with Gasteiger partial charge in [0.15, 0.2) is 0 Å². The molecule has 6 heteroatoms. The van der Waals surface area contributed by atoms with Crippen LogP contribution in [0.1, 0.15) is 52.5 Å². The molecule has 1 aliphatic carbocycles. The number of nitriles is 1. The quantitative estimate of drug-likeness (QED) is 0.867. The Labute approximate surface area is 143 Å². The molecule has 126 valence electrons. The highest BCUT2D eigenvalue weighted by Gasteiger charge is 2.51. The number of rotatable bonds is 3. The van der Waals surface area contributed by atoms with Gasteiger partial charge in [-0.2, -0.15) is 5.26 Å². The first kappa shape index (κ1) is 17.0. The Morgan fingerprint density at radius 1 is 1.25 bits per heavy atom. The van der Waals surface area contributed by atoms with Crippen molar-refractivity contribution in [3.63, 3.8) is 0 Å². The molecule has 1 saturated carbocycles. The molecule has 1 aliphatic heterocycles. The first-order valence-corrected chi connectivity index (χ1v) is 8.44. The van der Waals surface area contributed by atoms with E-state index in [4.69, 9.17) is 9.31 Å². The zero-order valence-corrected chi connectivity index (χ0v) is 14.7. The summed E-state index contributed by atoms with van der Waals surface area (Å²) >= 11 is 0. The Balaban J connectivity index is 1.80. The predicted molar refractivity (Wildman–Crippen MR) is 92.8 cm³/mol. The summed E-state index contributed by atoms with van der Waals surface area (Å²) in [6.07, 6.45) is 2.96. The van der Waals surface area contributed by atoms with E-state index in [2.05, 4.69) is 11.4 Å². The molecule has 1 saturated heterocycles. The summed E-state index contributed by atoms with van der Waals surface area (Å²) in [4.78, 5) is 12.1. The van der Waals surface area contributed by atoms with Crippen molar-refractivity contribution in [2.45, 2.75) is 58.2 Å². The summed E-state index contributed by atoms with van der Waals surface area (Å²) in [6, 6.07) is 7.50. The third-order valence-corrected chi connectivity index (χ3v) is 5.42. The molecule has 1 N–H and O–H groups in total. The van der Waals surface area contributed by atoms with Gasteiger partial charge in [-0.3, -0.25) is 4.79 Å². The van der Waals surface area contributed by atoms with E-state index in [0.717, 1.165) is 24.7 Å². The van der Waals surface area contributed by atoms with E-state index in [1.807, 2.05) is 33.8 Å².